The average Bonchev–Trinajstić information content (AvgIpc) is 2.79. The molecule has 0 aliphatic heterocycles. The Kier molecular flexibility index (Phi) is 5.00. The van der Waals surface area contributed by atoms with Crippen LogP contribution in [-0.2, 0) is 17.8 Å². The Bertz CT molecular complexity index is 516. The van der Waals surface area contributed by atoms with Crippen LogP contribution in [0.2, 0.25) is 0 Å². The first kappa shape index (κ1) is 14.1. The van der Waals surface area contributed by atoms with Crippen LogP contribution in [0, 0.1) is 0 Å². The lowest BCUT2D eigenvalue weighted by Crippen LogP contribution is -2.12. The maximum absolute atomic E-state index is 5.63. The van der Waals surface area contributed by atoms with Gasteiger partial charge in [-0.2, -0.15) is 0 Å². The zero-order valence-corrected chi connectivity index (χ0v) is 12.1. The van der Waals surface area contributed by atoms with Gasteiger partial charge in [0.15, 0.2) is 0 Å². The van der Waals surface area contributed by atoms with Crippen LogP contribution in [0.3, 0.4) is 0 Å². The fourth-order valence-corrected chi connectivity index (χ4v) is 2.19. The van der Waals surface area contributed by atoms with Gasteiger partial charge in [-0.3, -0.25) is 0 Å². The molecule has 3 heteroatoms. The Balaban J connectivity index is 2.10. The fourth-order valence-electron chi connectivity index (χ4n) is 2.19. The summed E-state index contributed by atoms with van der Waals surface area (Å²) in [7, 11) is 0. The highest BCUT2D eigenvalue weighted by Gasteiger charge is 2.03. The molecule has 1 N–H and O–H groups in total. The number of hydrogen-bond donors (Lipinski definition) is 1. The molecule has 19 heavy (non-hydrogen) atoms. The van der Waals surface area contributed by atoms with Crippen LogP contribution in [0.25, 0.3) is 10.9 Å². The van der Waals surface area contributed by atoms with Crippen molar-refractivity contribution >= 4 is 10.9 Å². The minimum absolute atomic E-state index is 0.297. The van der Waals surface area contributed by atoms with Crippen molar-refractivity contribution in [3.63, 3.8) is 0 Å². The third kappa shape index (κ3) is 3.82. The van der Waals surface area contributed by atoms with Crippen LogP contribution in [-0.4, -0.2) is 23.8 Å². The van der Waals surface area contributed by atoms with Crippen LogP contribution in [0.15, 0.2) is 30.5 Å². The van der Waals surface area contributed by atoms with E-state index >= 15 is 0 Å². The molecular formula is C16H24N2O. The van der Waals surface area contributed by atoms with E-state index in [0.717, 1.165) is 26.2 Å². The minimum Gasteiger partial charge on any atom is -0.377 e. The monoisotopic (exact) mass is 260 g/mol. The van der Waals surface area contributed by atoms with Crippen LogP contribution in [0.5, 0.6) is 0 Å². The van der Waals surface area contributed by atoms with E-state index < -0.39 is 0 Å². The number of nitrogens with zero attached hydrogens (tertiary/aromatic N) is 1. The standard InChI is InChI=1S/C16H24N2O/c1-4-17-12-14-5-6-15-7-8-18(16(15)11-14)9-10-19-13(2)3/h5-8,11,13,17H,4,9-10,12H2,1-3H3. The Morgan fingerprint density at radius 2 is 2.11 bits per heavy atom. The highest BCUT2D eigenvalue weighted by molar-refractivity contribution is 5.80. The Labute approximate surface area is 115 Å². The van der Waals surface area contributed by atoms with E-state index in [9.17, 15) is 0 Å². The second kappa shape index (κ2) is 6.73. The van der Waals surface area contributed by atoms with Gasteiger partial charge in [-0.1, -0.05) is 19.1 Å². The van der Waals surface area contributed by atoms with Crippen molar-refractivity contribution in [3.05, 3.63) is 36.0 Å². The molecule has 2 aromatic rings. The van der Waals surface area contributed by atoms with Crippen molar-refractivity contribution in [2.45, 2.75) is 40.0 Å². The van der Waals surface area contributed by atoms with Gasteiger partial charge < -0.3 is 14.6 Å². The summed E-state index contributed by atoms with van der Waals surface area (Å²) in [6, 6.07) is 8.83. The highest BCUT2D eigenvalue weighted by Crippen LogP contribution is 2.17. The summed E-state index contributed by atoms with van der Waals surface area (Å²) in [5.41, 5.74) is 2.63. The van der Waals surface area contributed by atoms with Gasteiger partial charge in [0.1, 0.15) is 0 Å². The van der Waals surface area contributed by atoms with Crippen molar-refractivity contribution in [2.24, 2.45) is 0 Å². The Morgan fingerprint density at radius 1 is 1.26 bits per heavy atom. The lowest BCUT2D eigenvalue weighted by Gasteiger charge is -2.10. The number of benzene rings is 1. The molecule has 0 saturated carbocycles. The number of fused-ring (bicyclic) bond motifs is 1. The molecule has 1 heterocycles. The van der Waals surface area contributed by atoms with Crippen molar-refractivity contribution in [1.29, 1.82) is 0 Å². The van der Waals surface area contributed by atoms with E-state index in [1.54, 1.807) is 0 Å². The molecule has 0 atom stereocenters. The lowest BCUT2D eigenvalue weighted by atomic mass is 10.1. The Morgan fingerprint density at radius 3 is 2.84 bits per heavy atom. The van der Waals surface area contributed by atoms with Crippen molar-refractivity contribution in [1.82, 2.24) is 9.88 Å². The van der Waals surface area contributed by atoms with Gasteiger partial charge in [0, 0.05) is 24.8 Å². The van der Waals surface area contributed by atoms with Crippen LogP contribution >= 0.6 is 0 Å². The maximum atomic E-state index is 5.63. The predicted molar refractivity (Wildman–Crippen MR) is 80.4 cm³/mol. The summed E-state index contributed by atoms with van der Waals surface area (Å²) in [6.45, 7) is 9.88. The van der Waals surface area contributed by atoms with E-state index in [0.29, 0.717) is 6.10 Å². The number of rotatable bonds is 7. The van der Waals surface area contributed by atoms with Gasteiger partial charge >= 0.3 is 0 Å². The van der Waals surface area contributed by atoms with Gasteiger partial charge in [-0.25, -0.2) is 0 Å². The fraction of sp³-hybridized carbons (Fsp3) is 0.500. The normalized spacial score (nSPS) is 11.6. The molecule has 1 aromatic carbocycles. The van der Waals surface area contributed by atoms with Gasteiger partial charge in [0.25, 0.3) is 0 Å². The molecule has 0 aliphatic carbocycles. The molecule has 0 unspecified atom stereocenters. The predicted octanol–water partition coefficient (Wildman–Crippen LogP) is 3.18. The molecule has 0 amide bonds. The van der Waals surface area contributed by atoms with E-state index in [1.165, 1.54) is 16.5 Å². The zero-order chi connectivity index (χ0) is 13.7. The molecule has 0 bridgehead atoms. The zero-order valence-electron chi connectivity index (χ0n) is 12.1. The smallest absolute Gasteiger partial charge is 0.0649 e. The molecule has 2 rings (SSSR count). The molecule has 0 spiro atoms. The first-order valence-electron chi connectivity index (χ1n) is 7.10. The van der Waals surface area contributed by atoms with Gasteiger partial charge in [0.05, 0.1) is 12.7 Å². The first-order chi connectivity index (χ1) is 9.20. The van der Waals surface area contributed by atoms with Crippen molar-refractivity contribution in [2.75, 3.05) is 13.2 Å². The average molecular weight is 260 g/mol. The van der Waals surface area contributed by atoms with Crippen molar-refractivity contribution < 1.29 is 4.74 Å². The van der Waals surface area contributed by atoms with E-state index in [1.807, 2.05) is 0 Å². The topological polar surface area (TPSA) is 26.2 Å². The summed E-state index contributed by atoms with van der Waals surface area (Å²) in [5.74, 6) is 0. The second-order valence-electron chi connectivity index (χ2n) is 5.10. The van der Waals surface area contributed by atoms with Crippen LogP contribution in [0.1, 0.15) is 26.3 Å². The van der Waals surface area contributed by atoms with E-state index in [2.05, 4.69) is 61.1 Å². The van der Waals surface area contributed by atoms with Gasteiger partial charge in [-0.15, -0.1) is 0 Å². The summed E-state index contributed by atoms with van der Waals surface area (Å²) in [4.78, 5) is 0. The number of nitrogens with one attached hydrogen (secondary N) is 1. The lowest BCUT2D eigenvalue weighted by molar-refractivity contribution is 0.0733. The molecule has 0 radical (unpaired) electrons. The van der Waals surface area contributed by atoms with Gasteiger partial charge in [0.2, 0.25) is 0 Å². The maximum Gasteiger partial charge on any atom is 0.0649 e. The highest BCUT2D eigenvalue weighted by atomic mass is 16.5. The van der Waals surface area contributed by atoms with Crippen LogP contribution in [0.4, 0.5) is 0 Å². The molecular weight excluding hydrogens is 236 g/mol. The second-order valence-corrected chi connectivity index (χ2v) is 5.10. The quantitative estimate of drug-likeness (QED) is 0.827. The third-order valence-electron chi connectivity index (χ3n) is 3.20. The summed E-state index contributed by atoms with van der Waals surface area (Å²) in [5, 5.41) is 4.66. The molecule has 3 nitrogen and oxygen atoms in total. The number of aromatic nitrogens is 1. The summed E-state index contributed by atoms with van der Waals surface area (Å²) >= 11 is 0. The molecule has 1 aromatic heterocycles. The molecule has 0 aliphatic rings. The van der Waals surface area contributed by atoms with E-state index in [4.69, 9.17) is 4.74 Å². The van der Waals surface area contributed by atoms with E-state index in [-0.39, 0.29) is 0 Å². The van der Waals surface area contributed by atoms with Crippen LogP contribution < -0.4 is 5.32 Å². The molecule has 104 valence electrons. The Hall–Kier alpha value is -1.32. The third-order valence-corrected chi connectivity index (χ3v) is 3.20. The summed E-state index contributed by atoms with van der Waals surface area (Å²) < 4.78 is 7.90. The minimum atomic E-state index is 0.297. The number of hydrogen-bond acceptors (Lipinski definition) is 2. The van der Waals surface area contributed by atoms with Gasteiger partial charge in [-0.05, 0) is 43.5 Å². The largest absolute Gasteiger partial charge is 0.377 e. The first-order valence-corrected chi connectivity index (χ1v) is 7.10. The molecule has 0 fully saturated rings. The number of ether oxygens (including phenoxy) is 1. The molecule has 0 saturated heterocycles. The summed E-state index contributed by atoms with van der Waals surface area (Å²) in [6.07, 6.45) is 2.44. The van der Waals surface area contributed by atoms with Crippen molar-refractivity contribution in [3.8, 4) is 0 Å². The SMILES string of the molecule is CCNCc1ccc2ccn(CCOC(C)C)c2c1.